The zero-order valence-corrected chi connectivity index (χ0v) is 17.8. The van der Waals surface area contributed by atoms with Gasteiger partial charge in [-0.2, -0.15) is 0 Å². The van der Waals surface area contributed by atoms with Crippen molar-refractivity contribution in [2.75, 3.05) is 19.5 Å². The number of hydrogen-bond acceptors (Lipinski definition) is 6. The van der Waals surface area contributed by atoms with Gasteiger partial charge in [-0.05, 0) is 42.8 Å². The highest BCUT2D eigenvalue weighted by molar-refractivity contribution is 7.99. The minimum atomic E-state index is -0.115. The lowest BCUT2D eigenvalue weighted by Crippen LogP contribution is -2.24. The van der Waals surface area contributed by atoms with Gasteiger partial charge < -0.3 is 4.74 Å². The van der Waals surface area contributed by atoms with Gasteiger partial charge in [0.25, 0.3) is 5.56 Å². The Balaban J connectivity index is 1.71. The van der Waals surface area contributed by atoms with Crippen molar-refractivity contribution in [3.63, 3.8) is 0 Å². The molecule has 0 radical (unpaired) electrons. The van der Waals surface area contributed by atoms with Crippen LogP contribution >= 0.6 is 23.4 Å². The van der Waals surface area contributed by atoms with Crippen molar-refractivity contribution < 1.29 is 9.53 Å². The molecule has 30 heavy (non-hydrogen) atoms. The van der Waals surface area contributed by atoms with Crippen molar-refractivity contribution in [1.82, 2.24) is 19.2 Å². The van der Waals surface area contributed by atoms with Crippen LogP contribution in [-0.4, -0.2) is 44.4 Å². The van der Waals surface area contributed by atoms with E-state index in [9.17, 15) is 9.59 Å². The Morgan fingerprint density at radius 2 is 1.90 bits per heavy atom. The standard InChI is InChI=1S/C21H19ClN4O3S/c1-29-12-4-11-25-19(28)16-5-2-3-6-17(16)26-20(25)23-24-21(26)30-13-18(27)14-7-9-15(22)10-8-14/h2-3,5-10H,4,11-13H2,1H3. The molecule has 0 aliphatic rings. The number of carbonyl (C=O) groups is 1. The van der Waals surface area contributed by atoms with Gasteiger partial charge in [-0.1, -0.05) is 35.5 Å². The number of benzene rings is 2. The average molecular weight is 443 g/mol. The van der Waals surface area contributed by atoms with Gasteiger partial charge in [-0.25, -0.2) is 0 Å². The van der Waals surface area contributed by atoms with Crippen molar-refractivity contribution in [2.45, 2.75) is 18.1 Å². The van der Waals surface area contributed by atoms with Gasteiger partial charge in [0.15, 0.2) is 10.9 Å². The number of rotatable bonds is 8. The number of halogens is 1. The lowest BCUT2D eigenvalue weighted by molar-refractivity contribution is 0.102. The van der Waals surface area contributed by atoms with Gasteiger partial charge in [-0.3, -0.25) is 18.6 Å². The lowest BCUT2D eigenvalue weighted by Gasteiger charge is -2.11. The fourth-order valence-electron chi connectivity index (χ4n) is 3.24. The number of hydrogen-bond donors (Lipinski definition) is 0. The van der Waals surface area contributed by atoms with Crippen molar-refractivity contribution in [2.24, 2.45) is 0 Å². The molecule has 0 bridgehead atoms. The molecule has 9 heteroatoms. The Labute approximate surface area is 181 Å². The maximum Gasteiger partial charge on any atom is 0.262 e. The monoisotopic (exact) mass is 442 g/mol. The number of aryl methyl sites for hydroxylation is 1. The quantitative estimate of drug-likeness (QED) is 0.235. The minimum Gasteiger partial charge on any atom is -0.385 e. The summed E-state index contributed by atoms with van der Waals surface area (Å²) in [4.78, 5) is 25.5. The molecule has 0 aliphatic carbocycles. The maximum atomic E-state index is 13.0. The molecule has 4 rings (SSSR count). The molecule has 0 fully saturated rings. The number of Topliss-reactive ketones (excluding diaryl/α,β-unsaturated/α-hetero) is 1. The summed E-state index contributed by atoms with van der Waals surface area (Å²) in [6.07, 6.45) is 0.675. The second kappa shape index (κ2) is 8.99. The van der Waals surface area contributed by atoms with E-state index >= 15 is 0 Å². The maximum absolute atomic E-state index is 13.0. The second-order valence-electron chi connectivity index (χ2n) is 6.66. The highest BCUT2D eigenvalue weighted by Crippen LogP contribution is 2.23. The van der Waals surface area contributed by atoms with E-state index in [1.807, 2.05) is 22.6 Å². The number of fused-ring (bicyclic) bond motifs is 3. The summed E-state index contributed by atoms with van der Waals surface area (Å²) < 4.78 is 8.56. The largest absolute Gasteiger partial charge is 0.385 e. The number of thioether (sulfide) groups is 1. The third kappa shape index (κ3) is 3.98. The summed E-state index contributed by atoms with van der Waals surface area (Å²) in [7, 11) is 1.63. The van der Waals surface area contributed by atoms with Crippen molar-refractivity contribution in [3.05, 3.63) is 69.5 Å². The second-order valence-corrected chi connectivity index (χ2v) is 8.04. The van der Waals surface area contributed by atoms with Crippen LogP contribution in [0, 0.1) is 0 Å². The predicted molar refractivity (Wildman–Crippen MR) is 118 cm³/mol. The fraction of sp³-hybridized carbons (Fsp3) is 0.238. The molecule has 0 aliphatic heterocycles. The zero-order chi connectivity index (χ0) is 21.1. The Bertz CT molecular complexity index is 1270. The Kier molecular flexibility index (Phi) is 6.17. The van der Waals surface area contributed by atoms with E-state index in [2.05, 4.69) is 10.2 Å². The summed E-state index contributed by atoms with van der Waals surface area (Å²) in [5.41, 5.74) is 1.18. The number of nitrogens with zero attached hydrogens (tertiary/aromatic N) is 4. The molecular formula is C21H19ClN4O3S. The number of carbonyl (C=O) groups excluding carboxylic acids is 1. The highest BCUT2D eigenvalue weighted by Gasteiger charge is 2.17. The number of methoxy groups -OCH3 is 1. The number of aromatic nitrogens is 4. The Morgan fingerprint density at radius 3 is 2.67 bits per heavy atom. The van der Waals surface area contributed by atoms with E-state index in [4.69, 9.17) is 16.3 Å². The van der Waals surface area contributed by atoms with Gasteiger partial charge >= 0.3 is 0 Å². The molecule has 2 heterocycles. The molecule has 0 saturated heterocycles. The van der Waals surface area contributed by atoms with E-state index in [0.717, 1.165) is 0 Å². The predicted octanol–water partition coefficient (Wildman–Crippen LogP) is 3.71. The first-order chi connectivity index (χ1) is 14.6. The summed E-state index contributed by atoms with van der Waals surface area (Å²) in [5, 5.41) is 10.2. The van der Waals surface area contributed by atoms with Gasteiger partial charge in [0.1, 0.15) is 0 Å². The molecule has 154 valence electrons. The van der Waals surface area contributed by atoms with Crippen molar-refractivity contribution in [1.29, 1.82) is 0 Å². The molecule has 0 spiro atoms. The van der Waals surface area contributed by atoms with Crippen molar-refractivity contribution >= 4 is 45.8 Å². The molecule has 0 N–H and O–H groups in total. The van der Waals surface area contributed by atoms with Crippen LogP contribution in [0.1, 0.15) is 16.8 Å². The third-order valence-corrected chi connectivity index (χ3v) is 5.89. The van der Waals surface area contributed by atoms with Gasteiger partial charge in [0.05, 0.1) is 16.7 Å². The molecule has 4 aromatic rings. The summed E-state index contributed by atoms with van der Waals surface area (Å²) in [5.74, 6) is 0.613. The average Bonchev–Trinajstić information content (AvgIpc) is 3.19. The van der Waals surface area contributed by atoms with Crippen molar-refractivity contribution in [3.8, 4) is 0 Å². The molecule has 2 aromatic carbocycles. The number of ketones is 1. The molecule has 2 aromatic heterocycles. The molecular weight excluding hydrogens is 424 g/mol. The van der Waals surface area contributed by atoms with Crippen LogP contribution in [0.15, 0.2) is 58.5 Å². The third-order valence-electron chi connectivity index (χ3n) is 4.71. The normalized spacial score (nSPS) is 11.4. The summed E-state index contributed by atoms with van der Waals surface area (Å²) in [6.45, 7) is 1.00. The fourth-order valence-corrected chi connectivity index (χ4v) is 4.21. The van der Waals surface area contributed by atoms with E-state index in [1.165, 1.54) is 11.8 Å². The number of ether oxygens (including phenoxy) is 1. The van der Waals surface area contributed by atoms with Crippen LogP contribution in [0.25, 0.3) is 16.7 Å². The highest BCUT2D eigenvalue weighted by atomic mass is 35.5. The minimum absolute atomic E-state index is 0.0360. The molecule has 7 nitrogen and oxygen atoms in total. The van der Waals surface area contributed by atoms with Crippen LogP contribution in [0.5, 0.6) is 0 Å². The summed E-state index contributed by atoms with van der Waals surface area (Å²) in [6, 6.07) is 14.1. The SMILES string of the molecule is COCCCn1c(=O)c2ccccc2n2c(SCC(=O)c3ccc(Cl)cc3)nnc12. The first-order valence-electron chi connectivity index (χ1n) is 9.37. The van der Waals surface area contributed by atoms with Gasteiger partial charge in [0.2, 0.25) is 5.78 Å². The van der Waals surface area contributed by atoms with Crippen LogP contribution < -0.4 is 5.56 Å². The van der Waals surface area contributed by atoms with Gasteiger partial charge in [0, 0.05) is 30.8 Å². The first kappa shape index (κ1) is 20.6. The van der Waals surface area contributed by atoms with E-state index in [1.54, 1.807) is 42.0 Å². The molecule has 0 atom stereocenters. The molecule has 0 saturated carbocycles. The topological polar surface area (TPSA) is 78.5 Å². The summed E-state index contributed by atoms with van der Waals surface area (Å²) >= 11 is 7.18. The van der Waals surface area contributed by atoms with Crippen LogP contribution in [0.2, 0.25) is 5.02 Å². The van der Waals surface area contributed by atoms with Gasteiger partial charge in [-0.15, -0.1) is 10.2 Å². The Morgan fingerprint density at radius 1 is 1.13 bits per heavy atom. The van der Waals surface area contributed by atoms with Crippen LogP contribution in [0.3, 0.4) is 0 Å². The van der Waals surface area contributed by atoms with E-state index in [0.29, 0.717) is 52.0 Å². The van der Waals surface area contributed by atoms with E-state index in [-0.39, 0.29) is 17.1 Å². The smallest absolute Gasteiger partial charge is 0.262 e. The first-order valence-corrected chi connectivity index (χ1v) is 10.7. The van der Waals surface area contributed by atoms with Crippen LogP contribution in [-0.2, 0) is 11.3 Å². The molecule has 0 unspecified atom stereocenters. The number of para-hydroxylation sites is 1. The Hall–Kier alpha value is -2.68. The molecule has 0 amide bonds. The van der Waals surface area contributed by atoms with E-state index < -0.39 is 0 Å². The van der Waals surface area contributed by atoms with Crippen LogP contribution in [0.4, 0.5) is 0 Å². The lowest BCUT2D eigenvalue weighted by atomic mass is 10.1. The zero-order valence-electron chi connectivity index (χ0n) is 16.2.